The molecule has 1 saturated heterocycles. The Kier molecular flexibility index (Phi) is 7.36. The van der Waals surface area contributed by atoms with Crippen LogP contribution < -0.4 is 10.9 Å². The van der Waals surface area contributed by atoms with Gasteiger partial charge in [0, 0.05) is 41.1 Å². The number of fused-ring (bicyclic) bond motifs is 1. The highest BCUT2D eigenvalue weighted by atomic mass is 79.9. The first kappa shape index (κ1) is 23.0. The van der Waals surface area contributed by atoms with Gasteiger partial charge >= 0.3 is 0 Å². The van der Waals surface area contributed by atoms with Crippen molar-refractivity contribution in [2.24, 2.45) is 0 Å². The van der Waals surface area contributed by atoms with Crippen LogP contribution in [0.4, 0.5) is 0 Å². The number of nitrogens with zero attached hydrogens (tertiary/aromatic N) is 2. The summed E-state index contributed by atoms with van der Waals surface area (Å²) in [7, 11) is -3.71. The first-order valence-corrected chi connectivity index (χ1v) is 11.8. The van der Waals surface area contributed by atoms with Crippen LogP contribution in [0.2, 0.25) is 0 Å². The van der Waals surface area contributed by atoms with E-state index in [9.17, 15) is 13.2 Å². The van der Waals surface area contributed by atoms with Crippen molar-refractivity contribution in [2.45, 2.75) is 17.9 Å². The number of halogens is 2. The maximum Gasteiger partial charge on any atom is 0.258 e. The van der Waals surface area contributed by atoms with Crippen molar-refractivity contribution in [1.29, 1.82) is 0 Å². The maximum atomic E-state index is 13.4. The van der Waals surface area contributed by atoms with Gasteiger partial charge in [-0.3, -0.25) is 4.79 Å². The average molecular weight is 513 g/mol. The molecule has 0 bridgehead atoms. The molecule has 0 spiro atoms. The third-order valence-corrected chi connectivity index (χ3v) is 7.68. The number of rotatable bonds is 4. The van der Waals surface area contributed by atoms with Crippen LogP contribution in [0.5, 0.6) is 0 Å². The number of benzene rings is 2. The summed E-state index contributed by atoms with van der Waals surface area (Å²) >= 11 is 3.52. The highest BCUT2D eigenvalue weighted by Crippen LogP contribution is 2.30. The summed E-state index contributed by atoms with van der Waals surface area (Å²) in [5.74, 6) is 0. The quantitative estimate of drug-likeness (QED) is 0.583. The summed E-state index contributed by atoms with van der Waals surface area (Å²) in [6.07, 6.45) is 2.44. The first-order chi connectivity index (χ1) is 14.0. The lowest BCUT2D eigenvalue weighted by molar-refractivity contribution is 0.432. The van der Waals surface area contributed by atoms with Gasteiger partial charge in [-0.25, -0.2) is 8.42 Å². The molecule has 6 nitrogen and oxygen atoms in total. The van der Waals surface area contributed by atoms with Crippen molar-refractivity contribution in [3.8, 4) is 0 Å². The molecule has 0 unspecified atom stereocenters. The summed E-state index contributed by atoms with van der Waals surface area (Å²) in [5, 5.41) is 4.06. The number of aromatic nitrogens is 1. The number of pyridine rings is 1. The van der Waals surface area contributed by atoms with Crippen molar-refractivity contribution in [3.05, 3.63) is 75.1 Å². The lowest BCUT2D eigenvalue weighted by atomic mass is 10.1. The van der Waals surface area contributed by atoms with Crippen molar-refractivity contribution < 1.29 is 8.42 Å². The van der Waals surface area contributed by atoms with Crippen LogP contribution in [0.1, 0.15) is 12.0 Å². The summed E-state index contributed by atoms with van der Waals surface area (Å²) in [5.41, 5.74) is 0.795. The van der Waals surface area contributed by atoms with E-state index >= 15 is 0 Å². The predicted octanol–water partition coefficient (Wildman–Crippen LogP) is 3.22. The highest BCUT2D eigenvalue weighted by molar-refractivity contribution is 9.10. The molecule has 9 heteroatoms. The minimum atomic E-state index is -3.71. The van der Waals surface area contributed by atoms with Gasteiger partial charge in [-0.15, -0.1) is 12.4 Å². The minimum Gasteiger partial charge on any atom is -0.315 e. The van der Waals surface area contributed by atoms with E-state index in [1.54, 1.807) is 29.0 Å². The second kappa shape index (κ2) is 9.62. The molecule has 1 fully saturated rings. The monoisotopic (exact) mass is 511 g/mol. The smallest absolute Gasteiger partial charge is 0.258 e. The van der Waals surface area contributed by atoms with Crippen LogP contribution in [0, 0.1) is 0 Å². The maximum absolute atomic E-state index is 13.4. The van der Waals surface area contributed by atoms with Gasteiger partial charge in [-0.05, 0) is 46.6 Å². The van der Waals surface area contributed by atoms with E-state index in [0.717, 1.165) is 18.5 Å². The predicted molar refractivity (Wildman–Crippen MR) is 125 cm³/mol. The molecule has 0 saturated carbocycles. The van der Waals surface area contributed by atoms with E-state index in [2.05, 4.69) is 21.2 Å². The fraction of sp³-hybridized carbons (Fsp3) is 0.286. The van der Waals surface area contributed by atoms with Crippen molar-refractivity contribution >= 4 is 49.1 Å². The van der Waals surface area contributed by atoms with E-state index in [0.29, 0.717) is 41.4 Å². The second-order valence-corrected chi connectivity index (χ2v) is 9.84. The molecule has 1 aliphatic heterocycles. The molecule has 2 aromatic carbocycles. The first-order valence-electron chi connectivity index (χ1n) is 9.55. The number of sulfonamides is 1. The SMILES string of the molecule is Cl.O=c1c2cccc(S(=O)(=O)N3CCCNCC3)c2c(Br)cn1Cc1ccccc1. The standard InChI is InChI=1S/C21H22BrN3O3S.ClH/c22-18-15-24(14-16-6-2-1-3-7-16)21(26)17-8-4-9-19(20(17)18)29(27,28)25-12-5-10-23-11-13-25;/h1-4,6-9,15,23H,5,10-14H2;1H. The fourth-order valence-electron chi connectivity index (χ4n) is 3.68. The molecule has 0 aliphatic carbocycles. The zero-order valence-electron chi connectivity index (χ0n) is 16.3. The zero-order chi connectivity index (χ0) is 20.4. The van der Waals surface area contributed by atoms with E-state index in [1.165, 1.54) is 4.31 Å². The Morgan fingerprint density at radius 2 is 1.77 bits per heavy atom. The molecule has 0 radical (unpaired) electrons. The molecule has 0 atom stereocenters. The largest absolute Gasteiger partial charge is 0.315 e. The van der Waals surface area contributed by atoms with Crippen LogP contribution in [-0.4, -0.2) is 43.5 Å². The Balaban J connectivity index is 0.00000256. The summed E-state index contributed by atoms with van der Waals surface area (Å²) in [4.78, 5) is 13.3. The van der Waals surface area contributed by atoms with E-state index in [-0.39, 0.29) is 22.9 Å². The Morgan fingerprint density at radius 3 is 2.53 bits per heavy atom. The Hall–Kier alpha value is -1.71. The Bertz CT molecular complexity index is 1190. The molecule has 1 aliphatic rings. The van der Waals surface area contributed by atoms with Crippen molar-refractivity contribution in [1.82, 2.24) is 14.2 Å². The van der Waals surface area contributed by atoms with Crippen LogP contribution in [0.15, 0.2) is 68.9 Å². The lowest BCUT2D eigenvalue weighted by Crippen LogP contribution is -2.34. The molecule has 3 aromatic rings. The summed E-state index contributed by atoms with van der Waals surface area (Å²) < 4.78 is 30.4. The van der Waals surface area contributed by atoms with Crippen LogP contribution in [0.25, 0.3) is 10.8 Å². The normalized spacial score (nSPS) is 15.5. The highest BCUT2D eigenvalue weighted by Gasteiger charge is 2.28. The van der Waals surface area contributed by atoms with Gasteiger partial charge in [0.2, 0.25) is 10.0 Å². The molecule has 1 aromatic heterocycles. The van der Waals surface area contributed by atoms with Gasteiger partial charge in [-0.2, -0.15) is 4.31 Å². The van der Waals surface area contributed by atoms with Crippen LogP contribution in [-0.2, 0) is 16.6 Å². The third kappa shape index (κ3) is 4.48. The fourth-order valence-corrected chi connectivity index (χ4v) is 6.20. The molecule has 4 rings (SSSR count). The van der Waals surface area contributed by atoms with Gasteiger partial charge in [0.15, 0.2) is 0 Å². The van der Waals surface area contributed by atoms with E-state index in [4.69, 9.17) is 0 Å². The Morgan fingerprint density at radius 1 is 1.00 bits per heavy atom. The Labute approximate surface area is 190 Å². The average Bonchev–Trinajstić information content (AvgIpc) is 3.02. The van der Waals surface area contributed by atoms with Crippen molar-refractivity contribution in [3.63, 3.8) is 0 Å². The van der Waals surface area contributed by atoms with E-state index < -0.39 is 10.0 Å². The molecule has 30 heavy (non-hydrogen) atoms. The molecule has 2 heterocycles. The van der Waals surface area contributed by atoms with Crippen LogP contribution >= 0.6 is 28.3 Å². The minimum absolute atomic E-state index is 0. The summed E-state index contributed by atoms with van der Waals surface area (Å²) in [6, 6.07) is 14.6. The lowest BCUT2D eigenvalue weighted by Gasteiger charge is -2.21. The van der Waals surface area contributed by atoms with Gasteiger partial charge in [0.1, 0.15) is 0 Å². The number of nitrogens with one attached hydrogen (secondary N) is 1. The zero-order valence-corrected chi connectivity index (χ0v) is 19.5. The van der Waals surface area contributed by atoms with Gasteiger partial charge in [0.25, 0.3) is 5.56 Å². The number of hydrogen-bond donors (Lipinski definition) is 1. The second-order valence-electron chi connectivity index (χ2n) is 7.08. The van der Waals surface area contributed by atoms with E-state index in [1.807, 2.05) is 30.3 Å². The molecule has 160 valence electrons. The molecular formula is C21H23BrClN3O3S. The third-order valence-electron chi connectivity index (χ3n) is 5.14. The molecular weight excluding hydrogens is 490 g/mol. The topological polar surface area (TPSA) is 71.4 Å². The van der Waals surface area contributed by atoms with Gasteiger partial charge < -0.3 is 9.88 Å². The number of hydrogen-bond acceptors (Lipinski definition) is 4. The van der Waals surface area contributed by atoms with Crippen LogP contribution in [0.3, 0.4) is 0 Å². The van der Waals surface area contributed by atoms with Crippen molar-refractivity contribution in [2.75, 3.05) is 26.2 Å². The molecule has 0 amide bonds. The summed E-state index contributed by atoms with van der Waals surface area (Å²) in [6.45, 7) is 2.73. The van der Waals surface area contributed by atoms with Gasteiger partial charge in [0.05, 0.1) is 11.4 Å². The van der Waals surface area contributed by atoms with Gasteiger partial charge in [-0.1, -0.05) is 36.4 Å². The molecule has 1 N–H and O–H groups in total.